The Kier molecular flexibility index (Phi) is 7.20. The summed E-state index contributed by atoms with van der Waals surface area (Å²) in [5.74, 6) is -0.455. The smallest absolute Gasteiger partial charge is 0.244 e. The van der Waals surface area contributed by atoms with E-state index in [0.29, 0.717) is 25.2 Å². The first-order valence-electron chi connectivity index (χ1n) is 9.72. The van der Waals surface area contributed by atoms with Gasteiger partial charge in [0.25, 0.3) is 0 Å². The molecule has 0 unspecified atom stereocenters. The van der Waals surface area contributed by atoms with Gasteiger partial charge in [0.15, 0.2) is 6.29 Å². The summed E-state index contributed by atoms with van der Waals surface area (Å²) in [5.41, 5.74) is 1.69. The lowest BCUT2D eigenvalue weighted by Gasteiger charge is -2.29. The predicted octanol–water partition coefficient (Wildman–Crippen LogP) is 1.98. The Balaban J connectivity index is 1.67. The van der Waals surface area contributed by atoms with Crippen LogP contribution in [0.15, 0.2) is 53.4 Å². The van der Waals surface area contributed by atoms with Gasteiger partial charge >= 0.3 is 0 Å². The number of rotatable bonds is 8. The second-order valence-corrected chi connectivity index (χ2v) is 8.69. The van der Waals surface area contributed by atoms with E-state index < -0.39 is 15.9 Å². The summed E-state index contributed by atoms with van der Waals surface area (Å²) in [6.07, 6.45) is 0.497. The van der Waals surface area contributed by atoms with Crippen LogP contribution in [0.3, 0.4) is 0 Å². The molecule has 1 saturated heterocycles. The van der Waals surface area contributed by atoms with Gasteiger partial charge in [0.05, 0.1) is 24.7 Å². The highest BCUT2D eigenvalue weighted by molar-refractivity contribution is 7.89. The number of sulfonamides is 1. The third kappa shape index (κ3) is 5.05. The molecule has 1 heterocycles. The molecule has 1 N–H and O–H groups in total. The summed E-state index contributed by atoms with van der Waals surface area (Å²) in [7, 11) is -3.98. The van der Waals surface area contributed by atoms with Crippen molar-refractivity contribution in [3.63, 3.8) is 0 Å². The van der Waals surface area contributed by atoms with E-state index in [-0.39, 0.29) is 23.5 Å². The zero-order chi connectivity index (χ0) is 21.6. The maximum atomic E-state index is 12.9. The van der Waals surface area contributed by atoms with Crippen LogP contribution in [-0.4, -0.2) is 64.3 Å². The van der Waals surface area contributed by atoms with Crippen LogP contribution in [0.25, 0.3) is 0 Å². The van der Waals surface area contributed by atoms with Crippen LogP contribution >= 0.6 is 0 Å². The van der Waals surface area contributed by atoms with Gasteiger partial charge < -0.3 is 15.0 Å². The van der Waals surface area contributed by atoms with Crippen molar-refractivity contribution in [1.82, 2.24) is 4.31 Å². The molecule has 8 nitrogen and oxygen atoms in total. The van der Waals surface area contributed by atoms with E-state index in [1.54, 1.807) is 31.2 Å². The van der Waals surface area contributed by atoms with Crippen molar-refractivity contribution >= 4 is 33.6 Å². The first kappa shape index (κ1) is 21.9. The summed E-state index contributed by atoms with van der Waals surface area (Å²) in [5, 5.41) is 2.73. The molecule has 0 aromatic heterocycles. The van der Waals surface area contributed by atoms with E-state index in [2.05, 4.69) is 10.2 Å². The van der Waals surface area contributed by atoms with Crippen LogP contribution in [0.4, 0.5) is 11.4 Å². The SMILES string of the molecule is CCN(CC(=O)Nc1ccc(N2CCOCC2)cc1)S(=O)(=O)c1ccccc1C=O. The molecule has 9 heteroatoms. The number of likely N-dealkylation sites (N-methyl/N-ethyl adjacent to an activating group) is 1. The highest BCUT2D eigenvalue weighted by Gasteiger charge is 2.27. The monoisotopic (exact) mass is 431 g/mol. The standard InChI is InChI=1S/C21H25N3O5S/c1-2-24(30(27,28)20-6-4-3-5-17(20)16-25)15-21(26)22-18-7-9-19(10-8-18)23-11-13-29-14-12-23/h3-10,16H,2,11-15H2,1H3,(H,22,26). The second kappa shape index (κ2) is 9.84. The summed E-state index contributed by atoms with van der Waals surface area (Å²) in [6, 6.07) is 13.3. The molecule has 0 saturated carbocycles. The number of carbonyl (C=O) groups excluding carboxylic acids is 2. The molecule has 0 spiro atoms. The third-order valence-corrected chi connectivity index (χ3v) is 6.86. The number of amides is 1. The Morgan fingerprint density at radius 3 is 2.43 bits per heavy atom. The minimum Gasteiger partial charge on any atom is -0.378 e. The van der Waals surface area contributed by atoms with Gasteiger partial charge in [0.1, 0.15) is 0 Å². The zero-order valence-electron chi connectivity index (χ0n) is 16.8. The van der Waals surface area contributed by atoms with Gasteiger partial charge in [-0.2, -0.15) is 4.31 Å². The summed E-state index contributed by atoms with van der Waals surface area (Å²) in [4.78, 5) is 25.8. The Labute approximate surface area is 176 Å². The molecule has 1 amide bonds. The summed E-state index contributed by atoms with van der Waals surface area (Å²) < 4.78 is 32.2. The Morgan fingerprint density at radius 1 is 1.13 bits per heavy atom. The summed E-state index contributed by atoms with van der Waals surface area (Å²) >= 11 is 0. The third-order valence-electron chi connectivity index (χ3n) is 4.86. The van der Waals surface area contributed by atoms with E-state index in [1.807, 2.05) is 12.1 Å². The molecule has 30 heavy (non-hydrogen) atoms. The van der Waals surface area contributed by atoms with E-state index in [9.17, 15) is 18.0 Å². The second-order valence-electron chi connectivity index (χ2n) is 6.78. The number of ether oxygens (including phenoxy) is 1. The lowest BCUT2D eigenvalue weighted by atomic mass is 10.2. The molecule has 2 aromatic carbocycles. The molecular formula is C21H25N3O5S. The first-order chi connectivity index (χ1) is 14.5. The van der Waals surface area contributed by atoms with Crippen molar-refractivity contribution < 1.29 is 22.7 Å². The molecule has 160 valence electrons. The Bertz CT molecular complexity index is 986. The van der Waals surface area contributed by atoms with Crippen molar-refractivity contribution in [2.75, 3.05) is 49.6 Å². The van der Waals surface area contributed by atoms with E-state index >= 15 is 0 Å². The Hall–Kier alpha value is -2.75. The molecule has 1 aliphatic heterocycles. The van der Waals surface area contributed by atoms with Crippen molar-refractivity contribution in [3.05, 3.63) is 54.1 Å². The van der Waals surface area contributed by atoms with Gasteiger partial charge in [0.2, 0.25) is 15.9 Å². The van der Waals surface area contributed by atoms with Crippen molar-refractivity contribution in [1.29, 1.82) is 0 Å². The van der Waals surface area contributed by atoms with Crippen LogP contribution in [-0.2, 0) is 19.6 Å². The molecule has 0 aliphatic carbocycles. The van der Waals surface area contributed by atoms with Crippen LogP contribution in [0.2, 0.25) is 0 Å². The molecule has 0 radical (unpaired) electrons. The minimum atomic E-state index is -3.98. The quantitative estimate of drug-likeness (QED) is 0.642. The number of benzene rings is 2. The lowest BCUT2D eigenvalue weighted by molar-refractivity contribution is -0.116. The fourth-order valence-electron chi connectivity index (χ4n) is 3.26. The van der Waals surface area contributed by atoms with Gasteiger partial charge in [0, 0.05) is 36.6 Å². The van der Waals surface area contributed by atoms with Crippen LogP contribution in [0, 0.1) is 0 Å². The van der Waals surface area contributed by atoms with Crippen LogP contribution < -0.4 is 10.2 Å². The average Bonchev–Trinajstić information content (AvgIpc) is 2.78. The number of aldehydes is 1. The fraction of sp³-hybridized carbons (Fsp3) is 0.333. The number of hydrogen-bond acceptors (Lipinski definition) is 6. The predicted molar refractivity (Wildman–Crippen MR) is 114 cm³/mol. The largest absolute Gasteiger partial charge is 0.378 e. The number of nitrogens with one attached hydrogen (secondary N) is 1. The molecular weight excluding hydrogens is 406 g/mol. The van der Waals surface area contributed by atoms with E-state index in [4.69, 9.17) is 4.74 Å². The number of morpholine rings is 1. The number of carbonyl (C=O) groups is 2. The van der Waals surface area contributed by atoms with Crippen molar-refractivity contribution in [2.24, 2.45) is 0 Å². The maximum absolute atomic E-state index is 12.9. The zero-order valence-corrected chi connectivity index (χ0v) is 17.6. The van der Waals surface area contributed by atoms with Gasteiger partial charge in [-0.15, -0.1) is 0 Å². The van der Waals surface area contributed by atoms with Gasteiger partial charge in [-0.25, -0.2) is 8.42 Å². The van der Waals surface area contributed by atoms with Crippen LogP contribution in [0.1, 0.15) is 17.3 Å². The van der Waals surface area contributed by atoms with Gasteiger partial charge in [-0.3, -0.25) is 9.59 Å². The number of anilines is 2. The average molecular weight is 432 g/mol. The van der Waals surface area contributed by atoms with E-state index in [0.717, 1.165) is 23.1 Å². The van der Waals surface area contributed by atoms with Crippen molar-refractivity contribution in [2.45, 2.75) is 11.8 Å². The number of hydrogen-bond donors (Lipinski definition) is 1. The molecule has 3 rings (SSSR count). The highest BCUT2D eigenvalue weighted by atomic mass is 32.2. The molecule has 1 aliphatic rings. The molecule has 1 fully saturated rings. The Morgan fingerprint density at radius 2 is 1.80 bits per heavy atom. The van der Waals surface area contributed by atoms with E-state index in [1.165, 1.54) is 12.1 Å². The molecule has 2 aromatic rings. The minimum absolute atomic E-state index is 0.0649. The topological polar surface area (TPSA) is 96.0 Å². The maximum Gasteiger partial charge on any atom is 0.244 e. The van der Waals surface area contributed by atoms with Gasteiger partial charge in [-0.05, 0) is 30.3 Å². The van der Waals surface area contributed by atoms with Gasteiger partial charge in [-0.1, -0.05) is 25.1 Å². The highest BCUT2D eigenvalue weighted by Crippen LogP contribution is 2.21. The first-order valence-corrected chi connectivity index (χ1v) is 11.2. The van der Waals surface area contributed by atoms with Crippen molar-refractivity contribution in [3.8, 4) is 0 Å². The normalized spacial score (nSPS) is 14.5. The molecule has 0 atom stereocenters. The summed E-state index contributed by atoms with van der Waals surface area (Å²) in [6.45, 7) is 4.40. The fourth-order valence-corrected chi connectivity index (χ4v) is 4.83. The van der Waals surface area contributed by atoms with Crippen LogP contribution in [0.5, 0.6) is 0 Å². The lowest BCUT2D eigenvalue weighted by Crippen LogP contribution is -2.38. The molecule has 0 bridgehead atoms. The number of nitrogens with zero attached hydrogens (tertiary/aromatic N) is 2.